The van der Waals surface area contributed by atoms with Crippen LogP contribution in [0.1, 0.15) is 10.4 Å². The van der Waals surface area contributed by atoms with Crippen LogP contribution in [-0.4, -0.2) is 37.9 Å². The van der Waals surface area contributed by atoms with Gasteiger partial charge in [0.05, 0.1) is 5.25 Å². The van der Waals surface area contributed by atoms with E-state index in [1.165, 1.54) is 4.90 Å². The van der Waals surface area contributed by atoms with E-state index in [1.807, 2.05) is 0 Å². The third-order valence-electron chi connectivity index (χ3n) is 2.48. The molecule has 1 fully saturated rings. The number of amides is 1. The summed E-state index contributed by atoms with van der Waals surface area (Å²) < 4.78 is 21.2. The Labute approximate surface area is 129 Å². The Hall–Kier alpha value is 0.0900. The second kappa shape index (κ2) is 6.31. The number of carbonyl (C=O) groups is 1. The number of nitrogens with zero attached hydrogens (tertiary/aromatic N) is 1. The van der Waals surface area contributed by atoms with Crippen molar-refractivity contribution < 1.29 is 43.1 Å². The first-order chi connectivity index (χ1) is 7.58. The third-order valence-corrected chi connectivity index (χ3v) is 3.56. The van der Waals surface area contributed by atoms with E-state index in [1.54, 1.807) is 24.3 Å². The molecule has 1 amide bonds. The molecule has 1 saturated heterocycles. The number of hydrogen-bond acceptors (Lipinski definition) is 3. The molecular formula is C10H9ClNNaO3S. The van der Waals surface area contributed by atoms with Gasteiger partial charge in [-0.3, -0.25) is 9.00 Å². The van der Waals surface area contributed by atoms with Crippen LogP contribution in [0.5, 0.6) is 0 Å². The average Bonchev–Trinajstić information content (AvgIpc) is 2.14. The van der Waals surface area contributed by atoms with E-state index in [4.69, 9.17) is 11.6 Å². The van der Waals surface area contributed by atoms with Crippen molar-refractivity contribution >= 4 is 28.6 Å². The fraction of sp³-hybridized carbons (Fsp3) is 0.300. The Balaban J connectivity index is 0.00000144. The van der Waals surface area contributed by atoms with Crippen molar-refractivity contribution in [1.82, 2.24) is 4.90 Å². The molecule has 1 aliphatic heterocycles. The van der Waals surface area contributed by atoms with Crippen LogP contribution in [0.4, 0.5) is 0 Å². The molecule has 0 aromatic heterocycles. The third kappa shape index (κ3) is 3.53. The second-order valence-corrected chi connectivity index (χ2v) is 5.23. The summed E-state index contributed by atoms with van der Waals surface area (Å²) in [6.45, 7) is 0.531. The van der Waals surface area contributed by atoms with E-state index in [9.17, 15) is 13.6 Å². The summed E-state index contributed by atoms with van der Waals surface area (Å²) in [5, 5.41) is 0.0680. The maximum absolute atomic E-state index is 11.8. The number of benzene rings is 1. The van der Waals surface area contributed by atoms with Gasteiger partial charge in [-0.15, -0.1) is 0 Å². The molecule has 1 aliphatic rings. The summed E-state index contributed by atoms with van der Waals surface area (Å²) in [4.78, 5) is 13.3. The normalized spacial score (nSPS) is 16.9. The van der Waals surface area contributed by atoms with Crippen molar-refractivity contribution in [1.29, 1.82) is 0 Å². The molecule has 17 heavy (non-hydrogen) atoms. The molecule has 0 spiro atoms. The molecule has 1 unspecified atom stereocenters. The standard InChI is InChI=1S/C10H10ClNO3S.Na/c11-8-3-1-2-7(4-8)10(13)12-5-9(6-12)16(14)15;/h1-4,9H,5-6H2,(H,14,15);/q;+1/p-1. The molecule has 1 aromatic carbocycles. The molecule has 0 aliphatic carbocycles. The van der Waals surface area contributed by atoms with Crippen LogP contribution < -0.4 is 29.6 Å². The van der Waals surface area contributed by atoms with Crippen LogP contribution in [-0.2, 0) is 11.1 Å². The average molecular weight is 282 g/mol. The largest absolute Gasteiger partial charge is 1.00 e. The second-order valence-electron chi connectivity index (χ2n) is 3.60. The molecule has 1 atom stereocenters. The van der Waals surface area contributed by atoms with Crippen LogP contribution >= 0.6 is 11.6 Å². The van der Waals surface area contributed by atoms with Gasteiger partial charge in [0, 0.05) is 23.7 Å². The molecule has 0 saturated carbocycles. The molecule has 0 N–H and O–H groups in total. The zero-order valence-corrected chi connectivity index (χ0v) is 12.8. The monoisotopic (exact) mass is 281 g/mol. The van der Waals surface area contributed by atoms with Crippen molar-refractivity contribution in [3.8, 4) is 0 Å². The quantitative estimate of drug-likeness (QED) is 0.468. The molecule has 7 heteroatoms. The molecule has 0 radical (unpaired) electrons. The van der Waals surface area contributed by atoms with Crippen molar-refractivity contribution in [3.63, 3.8) is 0 Å². The fourth-order valence-electron chi connectivity index (χ4n) is 1.53. The summed E-state index contributed by atoms with van der Waals surface area (Å²) in [7, 11) is 0. The Kier molecular flexibility index (Phi) is 5.63. The van der Waals surface area contributed by atoms with Gasteiger partial charge >= 0.3 is 29.6 Å². The number of halogens is 1. The summed E-state index contributed by atoms with van der Waals surface area (Å²) in [5.74, 6) is -0.177. The Morgan fingerprint density at radius 2 is 2.12 bits per heavy atom. The van der Waals surface area contributed by atoms with Crippen molar-refractivity contribution in [3.05, 3.63) is 34.9 Å². The van der Waals surface area contributed by atoms with Gasteiger partial charge in [0.25, 0.3) is 5.91 Å². The Morgan fingerprint density at radius 1 is 1.47 bits per heavy atom. The number of hydrogen-bond donors (Lipinski definition) is 0. The minimum Gasteiger partial charge on any atom is -0.772 e. The topological polar surface area (TPSA) is 60.4 Å². The SMILES string of the molecule is O=C(c1cccc(Cl)c1)N1CC(S(=O)[O-])C1.[Na+]. The smallest absolute Gasteiger partial charge is 0.772 e. The van der Waals surface area contributed by atoms with Gasteiger partial charge in [-0.1, -0.05) is 17.7 Å². The predicted octanol–water partition coefficient (Wildman–Crippen LogP) is -1.95. The van der Waals surface area contributed by atoms with E-state index in [0.29, 0.717) is 10.6 Å². The molecule has 4 nitrogen and oxygen atoms in total. The van der Waals surface area contributed by atoms with Crippen LogP contribution in [0.25, 0.3) is 0 Å². The van der Waals surface area contributed by atoms with E-state index >= 15 is 0 Å². The minimum atomic E-state index is -2.09. The first-order valence-corrected chi connectivity index (χ1v) is 6.22. The summed E-state index contributed by atoms with van der Waals surface area (Å²) in [6.07, 6.45) is 0. The van der Waals surface area contributed by atoms with E-state index in [-0.39, 0.29) is 48.6 Å². The van der Waals surface area contributed by atoms with Gasteiger partial charge < -0.3 is 9.45 Å². The van der Waals surface area contributed by atoms with Gasteiger partial charge in [0.15, 0.2) is 0 Å². The van der Waals surface area contributed by atoms with Gasteiger partial charge in [-0.25, -0.2) is 0 Å². The number of carbonyl (C=O) groups excluding carboxylic acids is 1. The maximum Gasteiger partial charge on any atom is 1.00 e. The minimum absolute atomic E-state index is 0. The van der Waals surface area contributed by atoms with Crippen molar-refractivity contribution in [2.75, 3.05) is 13.1 Å². The molecule has 2 rings (SSSR count). The summed E-state index contributed by atoms with van der Waals surface area (Å²) in [6, 6.07) is 6.61. The van der Waals surface area contributed by atoms with Crippen LogP contribution in [0.15, 0.2) is 24.3 Å². The Bertz CT molecular complexity index is 451. The van der Waals surface area contributed by atoms with Crippen LogP contribution in [0, 0.1) is 0 Å². The summed E-state index contributed by atoms with van der Waals surface area (Å²) in [5.41, 5.74) is 0.489. The molecule has 0 bridgehead atoms. The maximum atomic E-state index is 11.8. The number of likely N-dealkylation sites (tertiary alicyclic amines) is 1. The van der Waals surface area contributed by atoms with Crippen molar-refractivity contribution in [2.24, 2.45) is 0 Å². The van der Waals surface area contributed by atoms with Gasteiger partial charge in [0.2, 0.25) is 0 Å². The van der Waals surface area contributed by atoms with Gasteiger partial charge in [0.1, 0.15) is 0 Å². The first kappa shape index (κ1) is 15.1. The van der Waals surface area contributed by atoms with E-state index in [0.717, 1.165) is 0 Å². The molecule has 1 aromatic rings. The predicted molar refractivity (Wildman–Crippen MR) is 60.1 cm³/mol. The zero-order chi connectivity index (χ0) is 11.7. The van der Waals surface area contributed by atoms with Gasteiger partial charge in [-0.2, -0.15) is 0 Å². The molecular weight excluding hydrogens is 273 g/mol. The molecule has 1 heterocycles. The van der Waals surface area contributed by atoms with Crippen molar-refractivity contribution in [2.45, 2.75) is 5.25 Å². The summed E-state index contributed by atoms with van der Waals surface area (Å²) >= 11 is 3.67. The van der Waals surface area contributed by atoms with Gasteiger partial charge in [-0.05, 0) is 29.3 Å². The van der Waals surface area contributed by atoms with Crippen LogP contribution in [0.3, 0.4) is 0 Å². The fourth-order valence-corrected chi connectivity index (χ4v) is 2.32. The zero-order valence-electron chi connectivity index (χ0n) is 9.26. The van der Waals surface area contributed by atoms with Crippen LogP contribution in [0.2, 0.25) is 5.02 Å². The van der Waals surface area contributed by atoms with E-state index < -0.39 is 16.3 Å². The first-order valence-electron chi connectivity index (χ1n) is 4.71. The molecule has 86 valence electrons. The Morgan fingerprint density at radius 3 is 2.65 bits per heavy atom. The van der Waals surface area contributed by atoms with E-state index in [2.05, 4.69) is 0 Å². The number of rotatable bonds is 2.